The second-order valence-corrected chi connectivity index (χ2v) is 9.12. The molecule has 6 rings (SSSR count). The highest BCUT2D eigenvalue weighted by Gasteiger charge is 2.27. The summed E-state index contributed by atoms with van der Waals surface area (Å²) in [7, 11) is 3.91. The van der Waals surface area contributed by atoms with Crippen LogP contribution >= 0.6 is 0 Å². The maximum Gasteiger partial charge on any atom is 0.326 e. The second kappa shape index (κ2) is 7.54. The first-order valence-electron chi connectivity index (χ1n) is 11.5. The van der Waals surface area contributed by atoms with Gasteiger partial charge in [-0.3, -0.25) is 9.25 Å². The van der Waals surface area contributed by atoms with Crippen molar-refractivity contribution in [3.63, 3.8) is 0 Å². The Balaban J connectivity index is 1.32. The zero-order valence-corrected chi connectivity index (χ0v) is 19.8. The molecule has 0 radical (unpaired) electrons. The maximum absolute atomic E-state index is 12.8. The molecule has 10 nitrogen and oxygen atoms in total. The van der Waals surface area contributed by atoms with Gasteiger partial charge in [0.15, 0.2) is 17.0 Å². The van der Waals surface area contributed by atoms with Gasteiger partial charge in [0.05, 0.1) is 22.8 Å². The molecule has 0 saturated carbocycles. The van der Waals surface area contributed by atoms with Crippen LogP contribution in [-0.4, -0.2) is 51.9 Å². The highest BCUT2D eigenvalue weighted by Crippen LogP contribution is 2.32. The molecular formula is C24H27N9O. The van der Waals surface area contributed by atoms with Crippen molar-refractivity contribution in [1.82, 2.24) is 38.9 Å². The fourth-order valence-corrected chi connectivity index (χ4v) is 5.17. The normalized spacial score (nSPS) is 15.1. The molecule has 1 N–H and O–H groups in total. The van der Waals surface area contributed by atoms with Gasteiger partial charge in [0.25, 0.3) is 0 Å². The van der Waals surface area contributed by atoms with Crippen molar-refractivity contribution in [1.29, 1.82) is 0 Å². The molecule has 1 aliphatic rings. The van der Waals surface area contributed by atoms with Gasteiger partial charge in [0.2, 0.25) is 0 Å². The fraction of sp³-hybridized carbons (Fsp3) is 0.375. The average molecular weight is 458 g/mol. The molecule has 0 bridgehead atoms. The molecule has 1 fully saturated rings. The second-order valence-electron chi connectivity index (χ2n) is 9.12. The number of aromatic nitrogens is 8. The number of anilines is 1. The molecule has 1 aromatic carbocycles. The Kier molecular flexibility index (Phi) is 4.58. The number of H-pyrrole nitrogens is 1. The van der Waals surface area contributed by atoms with Gasteiger partial charge in [-0.25, -0.2) is 19.7 Å². The quantitative estimate of drug-likeness (QED) is 0.447. The molecule has 0 amide bonds. The lowest BCUT2D eigenvalue weighted by Crippen LogP contribution is -2.37. The first-order valence-corrected chi connectivity index (χ1v) is 11.5. The van der Waals surface area contributed by atoms with Crippen molar-refractivity contribution in [2.45, 2.75) is 32.7 Å². The molecule has 4 aromatic heterocycles. The zero-order chi connectivity index (χ0) is 23.6. The van der Waals surface area contributed by atoms with E-state index in [4.69, 9.17) is 4.98 Å². The van der Waals surface area contributed by atoms with Crippen LogP contribution < -0.4 is 10.6 Å². The van der Waals surface area contributed by atoms with E-state index in [1.165, 1.54) is 0 Å². The van der Waals surface area contributed by atoms with Crippen LogP contribution in [0.4, 0.5) is 5.82 Å². The number of aromatic amines is 1. The molecule has 0 aliphatic carbocycles. The SMILES string of the molecule is Cc1cccc2c1[nH]c(=O)n2C1CCN(c2ncnc3c2nc(-c2cnn(C)c2C)n3C)CC1. The lowest BCUT2D eigenvalue weighted by atomic mass is 10.0. The van der Waals surface area contributed by atoms with E-state index in [-0.39, 0.29) is 11.7 Å². The third kappa shape index (κ3) is 2.98. The van der Waals surface area contributed by atoms with Crippen molar-refractivity contribution in [2.24, 2.45) is 14.1 Å². The molecule has 174 valence electrons. The third-order valence-corrected chi connectivity index (χ3v) is 7.20. The lowest BCUT2D eigenvalue weighted by Gasteiger charge is -2.33. The van der Waals surface area contributed by atoms with E-state index in [1.807, 2.05) is 66.2 Å². The number of aryl methyl sites for hydroxylation is 3. The number of para-hydroxylation sites is 1. The number of imidazole rings is 2. The van der Waals surface area contributed by atoms with Crippen molar-refractivity contribution < 1.29 is 0 Å². The summed E-state index contributed by atoms with van der Waals surface area (Å²) in [4.78, 5) is 32.2. The van der Waals surface area contributed by atoms with Crippen LogP contribution in [0.3, 0.4) is 0 Å². The minimum absolute atomic E-state index is 0.0339. The van der Waals surface area contributed by atoms with Crippen molar-refractivity contribution >= 4 is 28.0 Å². The third-order valence-electron chi connectivity index (χ3n) is 7.20. The molecular weight excluding hydrogens is 430 g/mol. The van der Waals surface area contributed by atoms with E-state index in [9.17, 15) is 4.79 Å². The van der Waals surface area contributed by atoms with E-state index in [2.05, 4.69) is 25.0 Å². The Bertz CT molecular complexity index is 1590. The van der Waals surface area contributed by atoms with Crippen molar-refractivity contribution in [3.05, 3.63) is 52.5 Å². The van der Waals surface area contributed by atoms with Gasteiger partial charge >= 0.3 is 5.69 Å². The summed E-state index contributed by atoms with van der Waals surface area (Å²) in [5, 5.41) is 4.37. The first kappa shape index (κ1) is 20.6. The van der Waals surface area contributed by atoms with Crippen LogP contribution in [0.25, 0.3) is 33.6 Å². The van der Waals surface area contributed by atoms with Crippen LogP contribution in [0.2, 0.25) is 0 Å². The highest BCUT2D eigenvalue weighted by atomic mass is 16.1. The number of hydrogen-bond donors (Lipinski definition) is 1. The van der Waals surface area contributed by atoms with Gasteiger partial charge in [-0.15, -0.1) is 0 Å². The van der Waals surface area contributed by atoms with Gasteiger partial charge in [0.1, 0.15) is 12.2 Å². The number of nitrogens with zero attached hydrogens (tertiary/aromatic N) is 8. The summed E-state index contributed by atoms with van der Waals surface area (Å²) in [6.07, 6.45) is 5.16. The molecule has 10 heteroatoms. The molecule has 5 heterocycles. The lowest BCUT2D eigenvalue weighted by molar-refractivity contribution is 0.395. The van der Waals surface area contributed by atoms with Gasteiger partial charge in [-0.05, 0) is 38.3 Å². The summed E-state index contributed by atoms with van der Waals surface area (Å²) in [6.45, 7) is 5.64. The molecule has 34 heavy (non-hydrogen) atoms. The van der Waals surface area contributed by atoms with Crippen molar-refractivity contribution in [3.8, 4) is 11.4 Å². The van der Waals surface area contributed by atoms with Crippen LogP contribution in [-0.2, 0) is 14.1 Å². The molecule has 0 unspecified atom stereocenters. The van der Waals surface area contributed by atoms with Crippen LogP contribution in [0.5, 0.6) is 0 Å². The smallest absolute Gasteiger partial charge is 0.326 e. The van der Waals surface area contributed by atoms with E-state index in [0.717, 1.165) is 76.6 Å². The van der Waals surface area contributed by atoms with Gasteiger partial charge in [-0.1, -0.05) is 12.1 Å². The van der Waals surface area contributed by atoms with Crippen LogP contribution in [0.15, 0.2) is 35.5 Å². The molecule has 5 aromatic rings. The average Bonchev–Trinajstić information content (AvgIpc) is 3.47. The largest absolute Gasteiger partial charge is 0.355 e. The number of fused-ring (bicyclic) bond motifs is 2. The maximum atomic E-state index is 12.8. The van der Waals surface area contributed by atoms with Gasteiger partial charge in [-0.2, -0.15) is 5.10 Å². The molecule has 0 spiro atoms. The number of benzene rings is 1. The Hall–Kier alpha value is -3.95. The van der Waals surface area contributed by atoms with E-state index in [1.54, 1.807) is 6.33 Å². The van der Waals surface area contributed by atoms with Gasteiger partial charge < -0.3 is 14.5 Å². The zero-order valence-electron chi connectivity index (χ0n) is 19.8. The molecule has 0 atom stereocenters. The monoisotopic (exact) mass is 457 g/mol. The summed E-state index contributed by atoms with van der Waals surface area (Å²) in [5.74, 6) is 1.67. The molecule has 1 saturated heterocycles. The number of nitrogens with one attached hydrogen (secondary N) is 1. The number of rotatable bonds is 3. The minimum Gasteiger partial charge on any atom is -0.355 e. The summed E-state index contributed by atoms with van der Waals surface area (Å²) in [6, 6.07) is 6.21. The van der Waals surface area contributed by atoms with Crippen LogP contribution in [0.1, 0.15) is 30.1 Å². The van der Waals surface area contributed by atoms with E-state index in [0.29, 0.717) is 0 Å². The predicted octanol–water partition coefficient (Wildman–Crippen LogP) is 2.87. The topological polar surface area (TPSA) is 102 Å². The fourth-order valence-electron chi connectivity index (χ4n) is 5.17. The summed E-state index contributed by atoms with van der Waals surface area (Å²) in [5.41, 5.74) is 6.59. The predicted molar refractivity (Wildman–Crippen MR) is 131 cm³/mol. The highest BCUT2D eigenvalue weighted by molar-refractivity contribution is 5.87. The van der Waals surface area contributed by atoms with Gasteiger partial charge in [0, 0.05) is 38.9 Å². The van der Waals surface area contributed by atoms with E-state index >= 15 is 0 Å². The Labute approximate surface area is 195 Å². The summed E-state index contributed by atoms with van der Waals surface area (Å²) < 4.78 is 5.78. The number of hydrogen-bond acceptors (Lipinski definition) is 6. The standard InChI is InChI=1S/C24H27N9O/c1-14-6-5-7-18-19(14)29-24(34)33(18)16-8-10-32(11-9-16)23-20-22(25-13-26-23)30(3)21(28-20)17-12-27-31(4)15(17)2/h5-7,12-13,16H,8-11H2,1-4H3,(H,29,34). The minimum atomic E-state index is -0.0339. The molecule has 1 aliphatic heterocycles. The van der Waals surface area contributed by atoms with E-state index < -0.39 is 0 Å². The van der Waals surface area contributed by atoms with Crippen molar-refractivity contribution in [2.75, 3.05) is 18.0 Å². The first-order chi connectivity index (χ1) is 16.4. The van der Waals surface area contributed by atoms with Crippen LogP contribution in [0, 0.1) is 13.8 Å². The Morgan fingerprint density at radius 2 is 1.88 bits per heavy atom. The Morgan fingerprint density at radius 1 is 1.09 bits per heavy atom. The Morgan fingerprint density at radius 3 is 2.62 bits per heavy atom. The number of piperidine rings is 1. The summed E-state index contributed by atoms with van der Waals surface area (Å²) >= 11 is 0.